The van der Waals surface area contributed by atoms with E-state index in [-0.39, 0.29) is 5.56 Å². The second-order valence-corrected chi connectivity index (χ2v) is 3.51. The van der Waals surface area contributed by atoms with Crippen LogP contribution in [0.1, 0.15) is 11.7 Å². The summed E-state index contributed by atoms with van der Waals surface area (Å²) in [4.78, 5) is 11.1. The van der Waals surface area contributed by atoms with Crippen molar-refractivity contribution in [1.82, 2.24) is 0 Å². The van der Waals surface area contributed by atoms with Crippen LogP contribution in [-0.4, -0.2) is 22.4 Å². The zero-order valence-electron chi connectivity index (χ0n) is 7.40. The largest absolute Gasteiger partial charge is 0.479 e. The summed E-state index contributed by atoms with van der Waals surface area (Å²) in [7, 11) is 0. The first kappa shape index (κ1) is 11.0. The number of halogens is 1. The van der Waals surface area contributed by atoms with Crippen LogP contribution >= 0.6 is 11.8 Å². The highest BCUT2D eigenvalue weighted by molar-refractivity contribution is 7.98. The first-order valence-corrected chi connectivity index (χ1v) is 5.03. The van der Waals surface area contributed by atoms with Crippen LogP contribution < -0.4 is 0 Å². The minimum Gasteiger partial charge on any atom is -0.479 e. The Bertz CT molecular complexity index is 354. The molecule has 0 aliphatic carbocycles. The Morgan fingerprint density at radius 3 is 2.64 bits per heavy atom. The number of aliphatic hydroxyl groups is 1. The highest BCUT2D eigenvalue weighted by Gasteiger charge is 2.19. The molecule has 2 N–H and O–H groups in total. The molecule has 14 heavy (non-hydrogen) atoms. The van der Waals surface area contributed by atoms with Crippen LogP contribution in [0.5, 0.6) is 0 Å². The number of hydrogen-bond acceptors (Lipinski definition) is 3. The lowest BCUT2D eigenvalue weighted by atomic mass is 10.1. The number of aliphatic hydroxyl groups excluding tert-OH is 1. The second-order valence-electron chi connectivity index (χ2n) is 2.63. The van der Waals surface area contributed by atoms with Gasteiger partial charge >= 0.3 is 5.97 Å². The van der Waals surface area contributed by atoms with E-state index in [4.69, 9.17) is 10.2 Å². The van der Waals surface area contributed by atoms with Crippen molar-refractivity contribution in [3.8, 4) is 0 Å². The van der Waals surface area contributed by atoms with E-state index in [0.29, 0.717) is 4.90 Å². The van der Waals surface area contributed by atoms with Crippen molar-refractivity contribution in [2.75, 3.05) is 6.26 Å². The van der Waals surface area contributed by atoms with Gasteiger partial charge in [-0.15, -0.1) is 11.8 Å². The maximum Gasteiger partial charge on any atom is 0.337 e. The smallest absolute Gasteiger partial charge is 0.337 e. The van der Waals surface area contributed by atoms with Crippen LogP contribution in [0.2, 0.25) is 0 Å². The molecule has 0 aliphatic rings. The third kappa shape index (κ3) is 2.24. The number of thioether (sulfide) groups is 1. The highest BCUT2D eigenvalue weighted by atomic mass is 32.2. The van der Waals surface area contributed by atoms with Crippen LogP contribution in [0.25, 0.3) is 0 Å². The van der Waals surface area contributed by atoms with Gasteiger partial charge in [-0.3, -0.25) is 0 Å². The third-order valence-corrected chi connectivity index (χ3v) is 2.46. The van der Waals surface area contributed by atoms with Crippen LogP contribution in [-0.2, 0) is 4.79 Å². The number of benzene rings is 1. The van der Waals surface area contributed by atoms with Crippen molar-refractivity contribution in [2.45, 2.75) is 11.0 Å². The van der Waals surface area contributed by atoms with Gasteiger partial charge in [0.1, 0.15) is 5.82 Å². The molecule has 1 unspecified atom stereocenters. The molecule has 0 amide bonds. The number of aliphatic carboxylic acids is 1. The van der Waals surface area contributed by atoms with Gasteiger partial charge in [-0.2, -0.15) is 0 Å². The van der Waals surface area contributed by atoms with Gasteiger partial charge in [-0.05, 0) is 18.4 Å². The molecule has 1 atom stereocenters. The summed E-state index contributed by atoms with van der Waals surface area (Å²) >= 11 is 1.34. The molecule has 3 nitrogen and oxygen atoms in total. The van der Waals surface area contributed by atoms with E-state index >= 15 is 0 Å². The Morgan fingerprint density at radius 1 is 1.57 bits per heavy atom. The molecule has 5 heteroatoms. The molecule has 0 fully saturated rings. The number of hydrogen-bond donors (Lipinski definition) is 2. The zero-order valence-corrected chi connectivity index (χ0v) is 8.21. The zero-order chi connectivity index (χ0) is 10.7. The van der Waals surface area contributed by atoms with Gasteiger partial charge in [-0.1, -0.05) is 6.07 Å². The maximum atomic E-state index is 13.2. The number of carbonyl (C=O) groups is 1. The predicted octanol–water partition coefficient (Wildman–Crippen LogP) is 1.67. The molecule has 0 bridgehead atoms. The molecule has 0 heterocycles. The van der Waals surface area contributed by atoms with E-state index in [1.54, 1.807) is 12.3 Å². The van der Waals surface area contributed by atoms with E-state index in [9.17, 15) is 9.18 Å². The Kier molecular flexibility index (Phi) is 3.49. The topological polar surface area (TPSA) is 57.5 Å². The van der Waals surface area contributed by atoms with E-state index in [1.807, 2.05) is 0 Å². The minimum atomic E-state index is -1.80. The van der Waals surface area contributed by atoms with Crippen molar-refractivity contribution in [3.63, 3.8) is 0 Å². The summed E-state index contributed by atoms with van der Waals surface area (Å²) in [5.74, 6) is -2.16. The Hall–Kier alpha value is -1.07. The lowest BCUT2D eigenvalue weighted by molar-refractivity contribution is -0.147. The summed E-state index contributed by atoms with van der Waals surface area (Å²) < 4.78 is 13.2. The molecule has 0 saturated heterocycles. The molecule has 0 radical (unpaired) electrons. The van der Waals surface area contributed by atoms with Gasteiger partial charge < -0.3 is 10.2 Å². The van der Waals surface area contributed by atoms with Crippen molar-refractivity contribution < 1.29 is 19.4 Å². The monoisotopic (exact) mass is 216 g/mol. The summed E-state index contributed by atoms with van der Waals surface area (Å²) in [6.07, 6.45) is -0.0203. The van der Waals surface area contributed by atoms with E-state index in [0.717, 1.165) is 0 Å². The van der Waals surface area contributed by atoms with E-state index in [1.165, 1.54) is 23.9 Å². The predicted molar refractivity (Wildman–Crippen MR) is 50.8 cm³/mol. The normalized spacial score (nSPS) is 12.5. The van der Waals surface area contributed by atoms with Gasteiger partial charge in [0.25, 0.3) is 0 Å². The number of carboxylic acids is 1. The second kappa shape index (κ2) is 4.43. The Labute approximate surface area is 84.6 Å². The number of rotatable bonds is 3. The number of carboxylic acid groups (broad SMARTS) is 1. The molecule has 0 spiro atoms. The fourth-order valence-electron chi connectivity index (χ4n) is 0.990. The fourth-order valence-corrected chi connectivity index (χ4v) is 1.42. The van der Waals surface area contributed by atoms with Gasteiger partial charge in [0, 0.05) is 10.5 Å². The van der Waals surface area contributed by atoms with Gasteiger partial charge in [-0.25, -0.2) is 9.18 Å². The molecule has 76 valence electrons. The lowest BCUT2D eigenvalue weighted by Gasteiger charge is -2.07. The highest BCUT2D eigenvalue weighted by Crippen LogP contribution is 2.22. The molecular formula is C9H9FO3S. The first-order chi connectivity index (χ1) is 6.56. The van der Waals surface area contributed by atoms with E-state index < -0.39 is 17.9 Å². The Morgan fingerprint density at radius 2 is 2.21 bits per heavy atom. The summed E-state index contributed by atoms with van der Waals surface area (Å²) in [6.45, 7) is 0. The third-order valence-electron chi connectivity index (χ3n) is 1.74. The van der Waals surface area contributed by atoms with Crippen LogP contribution in [0.4, 0.5) is 4.39 Å². The molecular weight excluding hydrogens is 207 g/mol. The van der Waals surface area contributed by atoms with Crippen molar-refractivity contribution in [1.29, 1.82) is 0 Å². The fraction of sp³-hybridized carbons (Fsp3) is 0.222. The van der Waals surface area contributed by atoms with Gasteiger partial charge in [0.05, 0.1) is 0 Å². The summed E-state index contributed by atoms with van der Waals surface area (Å²) in [5.41, 5.74) is -0.213. The quantitative estimate of drug-likeness (QED) is 0.754. The lowest BCUT2D eigenvalue weighted by Crippen LogP contribution is -2.12. The molecule has 0 aromatic heterocycles. The summed E-state index contributed by atoms with van der Waals surface area (Å²) in [5, 5.41) is 17.6. The van der Waals surface area contributed by atoms with Gasteiger partial charge in [0.2, 0.25) is 0 Å². The van der Waals surface area contributed by atoms with Crippen LogP contribution in [0.15, 0.2) is 23.1 Å². The molecule has 0 saturated carbocycles. The van der Waals surface area contributed by atoms with Gasteiger partial charge in [0.15, 0.2) is 6.10 Å². The SMILES string of the molecule is CSc1ccc(C(O)C(=O)O)c(F)c1. The van der Waals surface area contributed by atoms with Crippen LogP contribution in [0.3, 0.4) is 0 Å². The maximum absolute atomic E-state index is 13.2. The first-order valence-electron chi connectivity index (χ1n) is 3.80. The molecule has 1 rings (SSSR count). The van der Waals surface area contributed by atoms with Crippen molar-refractivity contribution in [3.05, 3.63) is 29.6 Å². The van der Waals surface area contributed by atoms with E-state index in [2.05, 4.69) is 0 Å². The Balaban J connectivity index is 3.05. The average molecular weight is 216 g/mol. The van der Waals surface area contributed by atoms with Crippen molar-refractivity contribution in [2.24, 2.45) is 0 Å². The standard InChI is InChI=1S/C9H9FO3S/c1-14-5-2-3-6(7(10)4-5)8(11)9(12)13/h2-4,8,11H,1H3,(H,12,13). The average Bonchev–Trinajstić information content (AvgIpc) is 2.16. The molecule has 0 aliphatic heterocycles. The summed E-state index contributed by atoms with van der Waals surface area (Å²) in [6, 6.07) is 4.04. The minimum absolute atomic E-state index is 0.213. The molecule has 1 aromatic rings. The van der Waals surface area contributed by atoms with Crippen LogP contribution in [0, 0.1) is 5.82 Å². The van der Waals surface area contributed by atoms with Crippen molar-refractivity contribution >= 4 is 17.7 Å². The molecule has 1 aromatic carbocycles.